The largest absolute Gasteiger partial charge is 0.394 e. The Labute approximate surface area is 114 Å². The normalized spacial score (nSPS) is 12.3. The maximum Gasteiger partial charge on any atom is 0.134 e. The summed E-state index contributed by atoms with van der Waals surface area (Å²) in [4.78, 5) is 8.87. The smallest absolute Gasteiger partial charge is 0.134 e. The third-order valence-electron chi connectivity index (χ3n) is 2.77. The SMILES string of the molecule is CCCNc1nc(CC)nc(NCC(O)CO)c1C. The molecule has 0 amide bonds. The highest BCUT2D eigenvalue weighted by atomic mass is 16.3. The third kappa shape index (κ3) is 4.65. The number of rotatable bonds is 8. The van der Waals surface area contributed by atoms with Crippen molar-refractivity contribution in [3.63, 3.8) is 0 Å². The molecule has 108 valence electrons. The van der Waals surface area contributed by atoms with Gasteiger partial charge in [0.25, 0.3) is 0 Å². The van der Waals surface area contributed by atoms with Crippen LogP contribution in [0.25, 0.3) is 0 Å². The highest BCUT2D eigenvalue weighted by Crippen LogP contribution is 2.20. The molecule has 1 heterocycles. The molecule has 1 aromatic rings. The third-order valence-corrected chi connectivity index (χ3v) is 2.77. The van der Waals surface area contributed by atoms with Crippen LogP contribution in [-0.2, 0) is 6.42 Å². The summed E-state index contributed by atoms with van der Waals surface area (Å²) in [5.74, 6) is 2.29. The van der Waals surface area contributed by atoms with Crippen molar-refractivity contribution in [2.24, 2.45) is 0 Å². The first-order chi connectivity index (χ1) is 9.12. The van der Waals surface area contributed by atoms with E-state index in [4.69, 9.17) is 5.11 Å². The quantitative estimate of drug-likeness (QED) is 0.561. The average molecular weight is 268 g/mol. The van der Waals surface area contributed by atoms with Crippen LogP contribution in [0.5, 0.6) is 0 Å². The molecular weight excluding hydrogens is 244 g/mol. The molecule has 0 saturated carbocycles. The van der Waals surface area contributed by atoms with E-state index in [1.807, 2.05) is 13.8 Å². The second kappa shape index (κ2) is 7.91. The van der Waals surface area contributed by atoms with E-state index in [0.717, 1.165) is 36.6 Å². The summed E-state index contributed by atoms with van der Waals surface area (Å²) in [5.41, 5.74) is 0.927. The Hall–Kier alpha value is -1.40. The Morgan fingerprint density at radius 2 is 1.79 bits per heavy atom. The van der Waals surface area contributed by atoms with Gasteiger partial charge in [-0.1, -0.05) is 13.8 Å². The van der Waals surface area contributed by atoms with E-state index < -0.39 is 6.10 Å². The minimum absolute atomic E-state index is 0.265. The molecule has 0 spiro atoms. The van der Waals surface area contributed by atoms with Crippen LogP contribution in [0.2, 0.25) is 0 Å². The fraction of sp³-hybridized carbons (Fsp3) is 0.692. The summed E-state index contributed by atoms with van der Waals surface area (Å²) >= 11 is 0. The van der Waals surface area contributed by atoms with Crippen molar-refractivity contribution in [1.82, 2.24) is 9.97 Å². The van der Waals surface area contributed by atoms with Crippen LogP contribution in [0.4, 0.5) is 11.6 Å². The van der Waals surface area contributed by atoms with Crippen LogP contribution >= 0.6 is 0 Å². The molecule has 6 heteroatoms. The van der Waals surface area contributed by atoms with E-state index in [2.05, 4.69) is 27.5 Å². The molecule has 0 aromatic carbocycles. The number of aliphatic hydroxyl groups is 2. The first-order valence-corrected chi connectivity index (χ1v) is 6.76. The van der Waals surface area contributed by atoms with Gasteiger partial charge in [-0.3, -0.25) is 0 Å². The van der Waals surface area contributed by atoms with Gasteiger partial charge in [0.2, 0.25) is 0 Å². The van der Waals surface area contributed by atoms with Crippen molar-refractivity contribution < 1.29 is 10.2 Å². The van der Waals surface area contributed by atoms with E-state index >= 15 is 0 Å². The Balaban J connectivity index is 2.88. The van der Waals surface area contributed by atoms with Crippen molar-refractivity contribution in [1.29, 1.82) is 0 Å². The van der Waals surface area contributed by atoms with Crippen molar-refractivity contribution in [2.75, 3.05) is 30.3 Å². The van der Waals surface area contributed by atoms with Crippen LogP contribution in [0.1, 0.15) is 31.7 Å². The molecule has 0 aliphatic rings. The Morgan fingerprint density at radius 1 is 1.16 bits per heavy atom. The number of anilines is 2. The number of hydrogen-bond donors (Lipinski definition) is 4. The molecule has 1 aromatic heterocycles. The fourth-order valence-corrected chi connectivity index (χ4v) is 1.59. The molecule has 4 N–H and O–H groups in total. The van der Waals surface area contributed by atoms with E-state index in [9.17, 15) is 5.11 Å². The molecule has 0 fully saturated rings. The molecule has 0 aliphatic heterocycles. The van der Waals surface area contributed by atoms with E-state index in [-0.39, 0.29) is 13.2 Å². The first kappa shape index (κ1) is 15.7. The Morgan fingerprint density at radius 3 is 2.32 bits per heavy atom. The van der Waals surface area contributed by atoms with Gasteiger partial charge in [0.15, 0.2) is 0 Å². The van der Waals surface area contributed by atoms with Crippen LogP contribution in [0.15, 0.2) is 0 Å². The molecule has 0 radical (unpaired) electrons. The van der Waals surface area contributed by atoms with Gasteiger partial charge in [-0.15, -0.1) is 0 Å². The lowest BCUT2D eigenvalue weighted by Gasteiger charge is -2.15. The summed E-state index contributed by atoms with van der Waals surface area (Å²) in [6, 6.07) is 0. The van der Waals surface area contributed by atoms with Crippen LogP contribution in [-0.4, -0.2) is 46.0 Å². The van der Waals surface area contributed by atoms with Crippen LogP contribution in [0.3, 0.4) is 0 Å². The van der Waals surface area contributed by atoms with Gasteiger partial charge in [0.05, 0.1) is 12.7 Å². The van der Waals surface area contributed by atoms with Gasteiger partial charge >= 0.3 is 0 Å². The lowest BCUT2D eigenvalue weighted by molar-refractivity contribution is 0.105. The minimum Gasteiger partial charge on any atom is -0.394 e. The molecule has 0 saturated heterocycles. The second-order valence-corrected chi connectivity index (χ2v) is 4.46. The lowest BCUT2D eigenvalue weighted by Crippen LogP contribution is -2.24. The second-order valence-electron chi connectivity index (χ2n) is 4.46. The van der Waals surface area contributed by atoms with Gasteiger partial charge in [-0.2, -0.15) is 0 Å². The van der Waals surface area contributed by atoms with Crippen molar-refractivity contribution >= 4 is 11.6 Å². The summed E-state index contributed by atoms with van der Waals surface area (Å²) < 4.78 is 0. The number of aromatic nitrogens is 2. The highest BCUT2D eigenvalue weighted by Gasteiger charge is 2.11. The molecule has 0 bridgehead atoms. The number of aryl methyl sites for hydroxylation is 1. The Bertz CT molecular complexity index is 398. The van der Waals surface area contributed by atoms with E-state index in [1.165, 1.54) is 0 Å². The van der Waals surface area contributed by atoms with Gasteiger partial charge in [-0.05, 0) is 13.3 Å². The lowest BCUT2D eigenvalue weighted by atomic mass is 10.2. The Kier molecular flexibility index (Phi) is 6.52. The fourth-order valence-electron chi connectivity index (χ4n) is 1.59. The number of nitrogens with zero attached hydrogens (tertiary/aromatic N) is 2. The number of aliphatic hydroxyl groups excluding tert-OH is 2. The van der Waals surface area contributed by atoms with Gasteiger partial charge in [-0.25, -0.2) is 9.97 Å². The van der Waals surface area contributed by atoms with Crippen molar-refractivity contribution in [2.45, 2.75) is 39.7 Å². The predicted octanol–water partition coefficient (Wildman–Crippen LogP) is 0.934. The maximum atomic E-state index is 9.38. The molecule has 19 heavy (non-hydrogen) atoms. The maximum absolute atomic E-state index is 9.38. The standard InChI is InChI=1S/C13H24N4O2/c1-4-6-14-12-9(3)13(15-7-10(19)8-18)17-11(5-2)16-12/h10,18-19H,4-8H2,1-3H3,(H2,14,15,16,17). The average Bonchev–Trinajstić information content (AvgIpc) is 2.44. The molecule has 0 aliphatic carbocycles. The predicted molar refractivity (Wildman–Crippen MR) is 76.5 cm³/mol. The zero-order valence-electron chi connectivity index (χ0n) is 11.9. The molecule has 1 rings (SSSR count). The molecule has 1 atom stereocenters. The monoisotopic (exact) mass is 268 g/mol. The summed E-state index contributed by atoms with van der Waals surface area (Å²) in [6.45, 7) is 6.90. The van der Waals surface area contributed by atoms with Gasteiger partial charge in [0.1, 0.15) is 17.5 Å². The topological polar surface area (TPSA) is 90.3 Å². The van der Waals surface area contributed by atoms with Crippen molar-refractivity contribution in [3.05, 3.63) is 11.4 Å². The minimum atomic E-state index is -0.786. The van der Waals surface area contributed by atoms with E-state index in [0.29, 0.717) is 5.82 Å². The number of hydrogen-bond acceptors (Lipinski definition) is 6. The van der Waals surface area contributed by atoms with Gasteiger partial charge in [0, 0.05) is 25.1 Å². The molecule has 6 nitrogen and oxygen atoms in total. The zero-order valence-corrected chi connectivity index (χ0v) is 11.9. The van der Waals surface area contributed by atoms with Gasteiger partial charge < -0.3 is 20.8 Å². The molecular formula is C13H24N4O2. The van der Waals surface area contributed by atoms with E-state index in [1.54, 1.807) is 0 Å². The summed E-state index contributed by atoms with van der Waals surface area (Å²) in [5, 5.41) is 24.5. The number of nitrogens with one attached hydrogen (secondary N) is 2. The summed E-state index contributed by atoms with van der Waals surface area (Å²) in [7, 11) is 0. The molecule has 1 unspecified atom stereocenters. The van der Waals surface area contributed by atoms with Crippen LogP contribution < -0.4 is 10.6 Å². The highest BCUT2D eigenvalue weighted by molar-refractivity contribution is 5.57. The first-order valence-electron chi connectivity index (χ1n) is 6.76. The zero-order chi connectivity index (χ0) is 14.3. The van der Waals surface area contributed by atoms with Crippen molar-refractivity contribution in [3.8, 4) is 0 Å². The van der Waals surface area contributed by atoms with Crippen LogP contribution in [0, 0.1) is 6.92 Å². The summed E-state index contributed by atoms with van der Waals surface area (Å²) in [6.07, 6.45) is 0.987.